The number of carbonyl (C=O) groups is 1. The maximum atomic E-state index is 12.9. The number of nitrogens with zero attached hydrogens (tertiary/aromatic N) is 2. The number of amides is 1. The van der Waals surface area contributed by atoms with Crippen molar-refractivity contribution in [3.8, 4) is 0 Å². The quantitative estimate of drug-likeness (QED) is 0.753. The molecule has 1 aromatic heterocycles. The van der Waals surface area contributed by atoms with Gasteiger partial charge in [0.2, 0.25) is 5.91 Å². The van der Waals surface area contributed by atoms with E-state index in [9.17, 15) is 22.8 Å². The van der Waals surface area contributed by atoms with Crippen LogP contribution >= 0.6 is 11.6 Å². The van der Waals surface area contributed by atoms with Crippen LogP contribution in [0.3, 0.4) is 0 Å². The largest absolute Gasteiger partial charge is 0.417 e. The van der Waals surface area contributed by atoms with Gasteiger partial charge >= 0.3 is 6.18 Å². The first-order chi connectivity index (χ1) is 13.1. The molecule has 0 radical (unpaired) electrons. The normalized spacial score (nSPS) is 11.4. The Morgan fingerprint density at radius 2 is 2.00 bits per heavy atom. The molecule has 0 saturated carbocycles. The number of pyridine rings is 1. The lowest BCUT2D eigenvalue weighted by Crippen LogP contribution is -2.38. The average Bonchev–Trinajstić information content (AvgIpc) is 2.61. The summed E-state index contributed by atoms with van der Waals surface area (Å²) < 4.78 is 39.2. The third-order valence-electron chi connectivity index (χ3n) is 4.14. The smallest absolute Gasteiger partial charge is 0.370 e. The van der Waals surface area contributed by atoms with Gasteiger partial charge in [0.15, 0.2) is 0 Å². The number of likely N-dealkylation sites (N-methyl/N-ethyl adjacent to an activating group) is 1. The van der Waals surface area contributed by atoms with Crippen molar-refractivity contribution in [1.82, 2.24) is 9.88 Å². The molecule has 0 atom stereocenters. The summed E-state index contributed by atoms with van der Waals surface area (Å²) in [6.45, 7) is 4.94. The molecule has 0 bridgehead atoms. The van der Waals surface area contributed by atoms with E-state index in [1.54, 1.807) is 0 Å². The van der Waals surface area contributed by atoms with Crippen molar-refractivity contribution in [1.29, 1.82) is 0 Å². The molecule has 0 unspecified atom stereocenters. The maximum Gasteiger partial charge on any atom is 0.417 e. The van der Waals surface area contributed by atoms with Gasteiger partial charge in [-0.2, -0.15) is 13.2 Å². The molecular formula is C19H21ClF3N3O2. The summed E-state index contributed by atoms with van der Waals surface area (Å²) in [5.41, 5.74) is 0.194. The van der Waals surface area contributed by atoms with Crippen LogP contribution in [0, 0.1) is 6.92 Å². The number of carbonyl (C=O) groups excluding carboxylic acids is 1. The van der Waals surface area contributed by atoms with Gasteiger partial charge in [-0.1, -0.05) is 23.7 Å². The topological polar surface area (TPSA) is 54.3 Å². The number of halogens is 4. The molecule has 2 rings (SSSR count). The summed E-state index contributed by atoms with van der Waals surface area (Å²) in [7, 11) is 0. The number of benzene rings is 1. The predicted octanol–water partition coefficient (Wildman–Crippen LogP) is 3.47. The molecule has 1 heterocycles. The molecule has 5 nitrogen and oxygen atoms in total. The molecule has 152 valence electrons. The number of aromatic nitrogens is 1. The van der Waals surface area contributed by atoms with Crippen LogP contribution < -0.4 is 15.8 Å². The molecule has 0 spiro atoms. The van der Waals surface area contributed by atoms with E-state index >= 15 is 0 Å². The number of hydrogen-bond donors (Lipinski definition) is 1. The Morgan fingerprint density at radius 1 is 1.29 bits per heavy atom. The number of rotatable bonds is 7. The third-order valence-corrected chi connectivity index (χ3v) is 4.41. The predicted molar refractivity (Wildman–Crippen MR) is 103 cm³/mol. The monoisotopic (exact) mass is 415 g/mol. The lowest BCUT2D eigenvalue weighted by atomic mass is 10.2. The average molecular weight is 416 g/mol. The fourth-order valence-electron chi connectivity index (χ4n) is 2.71. The van der Waals surface area contributed by atoms with Gasteiger partial charge < -0.3 is 14.8 Å². The molecule has 1 N–H and O–H groups in total. The zero-order valence-corrected chi connectivity index (χ0v) is 16.3. The highest BCUT2D eigenvalue weighted by molar-refractivity contribution is 6.30. The summed E-state index contributed by atoms with van der Waals surface area (Å²) in [6, 6.07) is 8.46. The van der Waals surface area contributed by atoms with Crippen molar-refractivity contribution in [2.45, 2.75) is 26.6 Å². The van der Waals surface area contributed by atoms with Crippen LogP contribution in [0.4, 0.5) is 18.9 Å². The van der Waals surface area contributed by atoms with Crippen LogP contribution in [0.1, 0.15) is 18.1 Å². The van der Waals surface area contributed by atoms with Gasteiger partial charge in [0.25, 0.3) is 5.56 Å². The highest BCUT2D eigenvalue weighted by atomic mass is 35.5. The molecule has 0 aliphatic rings. The highest BCUT2D eigenvalue weighted by Gasteiger charge is 2.32. The molecule has 0 saturated heterocycles. The van der Waals surface area contributed by atoms with Crippen LogP contribution in [-0.2, 0) is 17.5 Å². The third kappa shape index (κ3) is 5.76. The standard InChI is InChI=1S/C19H21ClF3N3O2/c1-3-25(15-6-4-5-13(2)9-15)8-7-24-17(27)12-26-11-14(19(21,22)23)10-16(20)18(26)28/h4-6,9-11H,3,7-8,12H2,1-2H3,(H,24,27). The van der Waals surface area contributed by atoms with E-state index in [2.05, 4.69) is 10.2 Å². The summed E-state index contributed by atoms with van der Waals surface area (Å²) in [6.07, 6.45) is -4.07. The van der Waals surface area contributed by atoms with Gasteiger partial charge in [-0.05, 0) is 37.6 Å². The summed E-state index contributed by atoms with van der Waals surface area (Å²) in [5.74, 6) is -0.571. The number of anilines is 1. The van der Waals surface area contributed by atoms with Gasteiger partial charge in [-0.15, -0.1) is 0 Å². The van der Waals surface area contributed by atoms with Crippen LogP contribution in [0.2, 0.25) is 5.02 Å². The van der Waals surface area contributed by atoms with Crippen LogP contribution in [0.25, 0.3) is 0 Å². The van der Waals surface area contributed by atoms with E-state index in [1.807, 2.05) is 38.1 Å². The Bertz CT molecular complexity index is 897. The molecule has 0 aliphatic carbocycles. The van der Waals surface area contributed by atoms with Crippen molar-refractivity contribution >= 4 is 23.2 Å². The van der Waals surface area contributed by atoms with Gasteiger partial charge in [0.05, 0.1) is 5.56 Å². The van der Waals surface area contributed by atoms with Gasteiger partial charge in [-0.3, -0.25) is 9.59 Å². The lowest BCUT2D eigenvalue weighted by molar-refractivity contribution is -0.138. The van der Waals surface area contributed by atoms with Gasteiger partial charge in [0, 0.05) is 31.5 Å². The second kappa shape index (κ2) is 9.14. The zero-order chi connectivity index (χ0) is 20.9. The number of hydrogen-bond acceptors (Lipinski definition) is 3. The first kappa shape index (κ1) is 21.8. The Balaban J connectivity index is 1.99. The van der Waals surface area contributed by atoms with Crippen LogP contribution in [0.5, 0.6) is 0 Å². The minimum Gasteiger partial charge on any atom is -0.370 e. The van der Waals surface area contributed by atoms with Crippen molar-refractivity contribution in [3.05, 3.63) is 63.0 Å². The van der Waals surface area contributed by atoms with Gasteiger partial charge in [-0.25, -0.2) is 0 Å². The molecule has 0 aliphatic heterocycles. The highest BCUT2D eigenvalue weighted by Crippen LogP contribution is 2.29. The van der Waals surface area contributed by atoms with E-state index in [4.69, 9.17) is 11.6 Å². The maximum absolute atomic E-state index is 12.9. The van der Waals surface area contributed by atoms with Crippen molar-refractivity contribution in [2.24, 2.45) is 0 Å². The minimum atomic E-state index is -4.66. The lowest BCUT2D eigenvalue weighted by Gasteiger charge is -2.23. The number of aryl methyl sites for hydroxylation is 1. The Kier molecular flexibility index (Phi) is 7.12. The van der Waals surface area contributed by atoms with Gasteiger partial charge in [0.1, 0.15) is 11.6 Å². The fraction of sp³-hybridized carbons (Fsp3) is 0.368. The molecular weight excluding hydrogens is 395 g/mol. The Labute approximate surface area is 165 Å². The first-order valence-corrected chi connectivity index (χ1v) is 9.05. The number of alkyl halides is 3. The fourth-order valence-corrected chi connectivity index (χ4v) is 2.93. The van der Waals surface area contributed by atoms with Crippen LogP contribution in [0.15, 0.2) is 41.3 Å². The summed E-state index contributed by atoms with van der Waals surface area (Å²) in [4.78, 5) is 26.0. The number of nitrogens with one attached hydrogen (secondary N) is 1. The van der Waals surface area contributed by atoms with Crippen molar-refractivity contribution in [2.75, 3.05) is 24.5 Å². The van der Waals surface area contributed by atoms with Crippen molar-refractivity contribution < 1.29 is 18.0 Å². The SMILES string of the molecule is CCN(CCNC(=O)Cn1cc(C(F)(F)F)cc(Cl)c1=O)c1cccc(C)c1. The molecule has 0 fully saturated rings. The van der Waals surface area contributed by atoms with E-state index in [1.165, 1.54) is 0 Å². The van der Waals surface area contributed by atoms with Crippen molar-refractivity contribution in [3.63, 3.8) is 0 Å². The van der Waals surface area contributed by atoms with E-state index < -0.39 is 34.8 Å². The second-order valence-electron chi connectivity index (χ2n) is 6.28. The Hall–Kier alpha value is -2.48. The molecule has 1 aromatic carbocycles. The molecule has 2 aromatic rings. The molecule has 28 heavy (non-hydrogen) atoms. The van der Waals surface area contributed by atoms with E-state index in [0.29, 0.717) is 23.4 Å². The van der Waals surface area contributed by atoms with E-state index in [-0.39, 0.29) is 6.54 Å². The minimum absolute atomic E-state index is 0.280. The summed E-state index contributed by atoms with van der Waals surface area (Å²) >= 11 is 5.58. The zero-order valence-electron chi connectivity index (χ0n) is 15.5. The molecule has 9 heteroatoms. The second-order valence-corrected chi connectivity index (χ2v) is 6.68. The Morgan fingerprint density at radius 3 is 2.61 bits per heavy atom. The first-order valence-electron chi connectivity index (χ1n) is 8.67. The summed E-state index contributed by atoms with van der Waals surface area (Å²) in [5, 5.41) is 2.04. The van der Waals surface area contributed by atoms with Crippen LogP contribution in [-0.4, -0.2) is 30.1 Å². The van der Waals surface area contributed by atoms with E-state index in [0.717, 1.165) is 17.8 Å². The molecule has 1 amide bonds.